The Labute approximate surface area is 60.9 Å². The molecule has 3 heteroatoms. The molecule has 10 heavy (non-hydrogen) atoms. The minimum Gasteiger partial charge on any atom is -0.375 e. The molecule has 0 aromatic heterocycles. The summed E-state index contributed by atoms with van der Waals surface area (Å²) in [6.45, 7) is 6.23. The molecule has 0 aromatic carbocycles. The Balaban J connectivity index is 3.31. The molecule has 58 valence electrons. The van der Waals surface area contributed by atoms with Gasteiger partial charge in [-0.05, 0) is 6.92 Å². The first kappa shape index (κ1) is 9.33. The van der Waals surface area contributed by atoms with Gasteiger partial charge in [-0.1, -0.05) is 6.58 Å². The van der Waals surface area contributed by atoms with Crippen LogP contribution in [0.4, 0.5) is 0 Å². The van der Waals surface area contributed by atoms with E-state index < -0.39 is 0 Å². The molecule has 0 fully saturated rings. The minimum absolute atomic E-state index is 0.0305. The number of Topliss-reactive ketones (excluding diaryl/α,β-unsaturated/α-hetero) is 1. The summed E-state index contributed by atoms with van der Waals surface area (Å²) < 4.78 is 4.96. The summed E-state index contributed by atoms with van der Waals surface area (Å²) in [5.74, 6) is -0.0305. The van der Waals surface area contributed by atoms with Crippen LogP contribution in [0.25, 0.3) is 0 Å². The summed E-state index contributed by atoms with van der Waals surface area (Å²) in [5, 5.41) is 0. The monoisotopic (exact) mass is 143 g/mol. The molecule has 0 rings (SSSR count). The summed E-state index contributed by atoms with van der Waals surface area (Å²) in [6, 6.07) is 0. The third-order valence-corrected chi connectivity index (χ3v) is 1.04. The minimum atomic E-state index is -0.0305. The van der Waals surface area contributed by atoms with Crippen LogP contribution < -0.4 is 5.73 Å². The normalized spacial score (nSPS) is 9.40. The molecule has 0 aliphatic carbocycles. The molecule has 0 amide bonds. The van der Waals surface area contributed by atoms with Crippen LogP contribution >= 0.6 is 0 Å². The smallest absolute Gasteiger partial charge is 0.157 e. The highest BCUT2D eigenvalue weighted by Gasteiger charge is 1.98. The summed E-state index contributed by atoms with van der Waals surface area (Å²) in [7, 11) is 0. The first-order valence-corrected chi connectivity index (χ1v) is 3.15. The van der Waals surface area contributed by atoms with Crippen LogP contribution in [0.1, 0.15) is 6.92 Å². The molecular formula is C7H13NO2. The second-order valence-electron chi connectivity index (χ2n) is 2.00. The fraction of sp³-hybridized carbons (Fsp3) is 0.571. The fourth-order valence-corrected chi connectivity index (χ4v) is 0.380. The highest BCUT2D eigenvalue weighted by atomic mass is 16.5. The fourth-order valence-electron chi connectivity index (χ4n) is 0.380. The number of carbonyl (C=O) groups excluding carboxylic acids is 1. The predicted octanol–water partition coefficient (Wildman–Crippen LogP) is 0.107. The Kier molecular flexibility index (Phi) is 4.80. The summed E-state index contributed by atoms with van der Waals surface area (Å²) >= 11 is 0. The molecule has 0 unspecified atom stereocenters. The van der Waals surface area contributed by atoms with Crippen LogP contribution in [0.2, 0.25) is 0 Å². The van der Waals surface area contributed by atoms with Crippen molar-refractivity contribution in [3.05, 3.63) is 12.2 Å². The molecule has 0 aliphatic rings. The van der Waals surface area contributed by atoms with Crippen molar-refractivity contribution in [1.29, 1.82) is 0 Å². The van der Waals surface area contributed by atoms with Crippen molar-refractivity contribution >= 4 is 5.78 Å². The van der Waals surface area contributed by atoms with Gasteiger partial charge >= 0.3 is 0 Å². The van der Waals surface area contributed by atoms with Crippen molar-refractivity contribution < 1.29 is 9.53 Å². The van der Waals surface area contributed by atoms with Crippen molar-refractivity contribution in [3.8, 4) is 0 Å². The Morgan fingerprint density at radius 3 is 2.70 bits per heavy atom. The number of rotatable bonds is 5. The van der Waals surface area contributed by atoms with Crippen molar-refractivity contribution in [3.63, 3.8) is 0 Å². The maximum Gasteiger partial charge on any atom is 0.157 e. The van der Waals surface area contributed by atoms with Crippen molar-refractivity contribution in [1.82, 2.24) is 0 Å². The number of nitrogens with two attached hydrogens (primary N) is 1. The van der Waals surface area contributed by atoms with Gasteiger partial charge in [0.15, 0.2) is 5.78 Å². The first-order chi connectivity index (χ1) is 4.68. The van der Waals surface area contributed by atoms with E-state index in [4.69, 9.17) is 10.5 Å². The lowest BCUT2D eigenvalue weighted by atomic mass is 10.2. The molecule has 0 spiro atoms. The van der Waals surface area contributed by atoms with Gasteiger partial charge in [0.2, 0.25) is 0 Å². The second-order valence-corrected chi connectivity index (χ2v) is 2.00. The van der Waals surface area contributed by atoms with Gasteiger partial charge in [-0.2, -0.15) is 0 Å². The Morgan fingerprint density at radius 1 is 1.70 bits per heavy atom. The van der Waals surface area contributed by atoms with Gasteiger partial charge in [0.05, 0.1) is 13.2 Å². The van der Waals surface area contributed by atoms with Crippen molar-refractivity contribution in [2.75, 3.05) is 19.8 Å². The quantitative estimate of drug-likeness (QED) is 0.439. The summed E-state index contributed by atoms with van der Waals surface area (Å²) in [5.41, 5.74) is 5.65. The SMILES string of the molecule is C=C(COCCN)C(C)=O. The van der Waals surface area contributed by atoms with Gasteiger partial charge in [0.25, 0.3) is 0 Å². The predicted molar refractivity (Wildman–Crippen MR) is 39.7 cm³/mol. The van der Waals surface area contributed by atoms with Gasteiger partial charge in [-0.3, -0.25) is 4.79 Å². The molecule has 0 bridgehead atoms. The van der Waals surface area contributed by atoms with Crippen molar-refractivity contribution in [2.45, 2.75) is 6.92 Å². The highest BCUT2D eigenvalue weighted by molar-refractivity contribution is 5.92. The first-order valence-electron chi connectivity index (χ1n) is 3.15. The zero-order valence-electron chi connectivity index (χ0n) is 6.22. The summed E-state index contributed by atoms with van der Waals surface area (Å²) in [6.07, 6.45) is 0. The molecule has 0 saturated carbocycles. The van der Waals surface area contributed by atoms with Gasteiger partial charge in [-0.15, -0.1) is 0 Å². The van der Waals surface area contributed by atoms with E-state index in [-0.39, 0.29) is 5.78 Å². The van der Waals surface area contributed by atoms with Crippen LogP contribution in [0.3, 0.4) is 0 Å². The lowest BCUT2D eigenvalue weighted by molar-refractivity contribution is -0.114. The molecule has 0 aliphatic heterocycles. The molecule has 0 saturated heterocycles. The maximum atomic E-state index is 10.5. The van der Waals surface area contributed by atoms with Crippen LogP contribution in [0.5, 0.6) is 0 Å². The third kappa shape index (κ3) is 4.23. The molecule has 0 atom stereocenters. The molecular weight excluding hydrogens is 130 g/mol. The van der Waals surface area contributed by atoms with Crippen LogP contribution in [0.15, 0.2) is 12.2 Å². The van der Waals surface area contributed by atoms with Crippen molar-refractivity contribution in [2.24, 2.45) is 5.73 Å². The highest BCUT2D eigenvalue weighted by Crippen LogP contribution is 1.91. The number of ketones is 1. The molecule has 0 heterocycles. The van der Waals surface area contributed by atoms with Crippen LogP contribution in [-0.2, 0) is 9.53 Å². The Bertz CT molecular complexity index is 132. The number of hydrogen-bond donors (Lipinski definition) is 1. The van der Waals surface area contributed by atoms with E-state index in [1.54, 1.807) is 0 Å². The molecule has 0 aromatic rings. The molecule has 3 nitrogen and oxygen atoms in total. The number of ether oxygens (including phenoxy) is 1. The second kappa shape index (κ2) is 5.14. The van der Waals surface area contributed by atoms with Gasteiger partial charge < -0.3 is 10.5 Å². The zero-order valence-corrected chi connectivity index (χ0v) is 6.22. The lowest BCUT2D eigenvalue weighted by Gasteiger charge is -2.01. The standard InChI is InChI=1S/C7H13NO2/c1-6(7(2)9)5-10-4-3-8/h1,3-5,8H2,2H3. The maximum absolute atomic E-state index is 10.5. The Morgan fingerprint density at radius 2 is 2.30 bits per heavy atom. The van der Waals surface area contributed by atoms with E-state index in [9.17, 15) is 4.79 Å². The van der Waals surface area contributed by atoms with E-state index in [0.717, 1.165) is 0 Å². The molecule has 0 radical (unpaired) electrons. The van der Waals surface area contributed by atoms with E-state index in [1.807, 2.05) is 0 Å². The lowest BCUT2D eigenvalue weighted by Crippen LogP contribution is -2.11. The Hall–Kier alpha value is -0.670. The average Bonchev–Trinajstić information content (AvgIpc) is 1.88. The van der Waals surface area contributed by atoms with Crippen LogP contribution in [-0.4, -0.2) is 25.5 Å². The topological polar surface area (TPSA) is 52.3 Å². The van der Waals surface area contributed by atoms with E-state index >= 15 is 0 Å². The van der Waals surface area contributed by atoms with E-state index in [2.05, 4.69) is 6.58 Å². The van der Waals surface area contributed by atoms with E-state index in [0.29, 0.717) is 25.3 Å². The summed E-state index contributed by atoms with van der Waals surface area (Å²) in [4.78, 5) is 10.5. The van der Waals surface area contributed by atoms with E-state index in [1.165, 1.54) is 6.92 Å². The third-order valence-electron chi connectivity index (χ3n) is 1.04. The van der Waals surface area contributed by atoms with Gasteiger partial charge in [-0.25, -0.2) is 0 Å². The number of hydrogen-bond acceptors (Lipinski definition) is 3. The van der Waals surface area contributed by atoms with Gasteiger partial charge in [0.1, 0.15) is 0 Å². The number of carbonyl (C=O) groups is 1. The largest absolute Gasteiger partial charge is 0.375 e. The van der Waals surface area contributed by atoms with Gasteiger partial charge in [0, 0.05) is 12.1 Å². The molecule has 2 N–H and O–H groups in total. The zero-order chi connectivity index (χ0) is 7.98. The average molecular weight is 143 g/mol. The van der Waals surface area contributed by atoms with Crippen LogP contribution in [0, 0.1) is 0 Å².